The molecule has 0 aliphatic carbocycles. The quantitative estimate of drug-likeness (QED) is 0.665. The molecule has 0 unspecified atom stereocenters. The van der Waals surface area contributed by atoms with Crippen LogP contribution in [0.2, 0.25) is 0 Å². The lowest BCUT2D eigenvalue weighted by Gasteiger charge is -2.14. The highest BCUT2D eigenvalue weighted by molar-refractivity contribution is 7.13. The highest BCUT2D eigenvalue weighted by Crippen LogP contribution is 2.39. The average molecular weight is 371 g/mol. The Balaban J connectivity index is 2.08. The van der Waals surface area contributed by atoms with E-state index in [1.54, 1.807) is 30.5 Å². The fourth-order valence-corrected chi connectivity index (χ4v) is 3.22. The van der Waals surface area contributed by atoms with Gasteiger partial charge in [0.1, 0.15) is 10.8 Å². The molecule has 3 aromatic rings. The van der Waals surface area contributed by atoms with E-state index in [0.717, 1.165) is 10.6 Å². The summed E-state index contributed by atoms with van der Waals surface area (Å²) in [6, 6.07) is 7.94. The van der Waals surface area contributed by atoms with E-state index < -0.39 is 0 Å². The molecule has 7 heteroatoms. The minimum atomic E-state index is -0.361. The molecule has 26 heavy (non-hydrogen) atoms. The van der Waals surface area contributed by atoms with Gasteiger partial charge in [0.15, 0.2) is 17.3 Å². The number of aromatic hydroxyl groups is 1. The predicted molar refractivity (Wildman–Crippen MR) is 98.7 cm³/mol. The van der Waals surface area contributed by atoms with Crippen molar-refractivity contribution >= 4 is 17.1 Å². The number of nitrogens with zero attached hydrogens (tertiary/aromatic N) is 1. The summed E-state index contributed by atoms with van der Waals surface area (Å²) < 4.78 is 15.9. The van der Waals surface area contributed by atoms with Crippen LogP contribution < -0.4 is 14.2 Å². The fourth-order valence-electron chi connectivity index (χ4n) is 2.58. The summed E-state index contributed by atoms with van der Waals surface area (Å²) in [5.41, 5.74) is 1.24. The average Bonchev–Trinajstić information content (AvgIpc) is 3.21. The molecule has 0 aliphatic heterocycles. The molecule has 0 bridgehead atoms. The number of ketones is 1. The lowest BCUT2D eigenvalue weighted by Crippen LogP contribution is -2.05. The second-order valence-corrected chi connectivity index (χ2v) is 6.21. The highest BCUT2D eigenvalue weighted by atomic mass is 32.1. The normalized spacial score (nSPS) is 10.4. The first kappa shape index (κ1) is 17.8. The number of thiazole rings is 1. The Hall–Kier alpha value is -3.06. The number of phenolic OH excluding ortho intramolecular Hbond substituents is 1. The Labute approximate surface area is 154 Å². The van der Waals surface area contributed by atoms with Crippen LogP contribution in [0.3, 0.4) is 0 Å². The van der Waals surface area contributed by atoms with Gasteiger partial charge in [0, 0.05) is 22.7 Å². The lowest BCUT2D eigenvalue weighted by atomic mass is 9.99. The Kier molecular flexibility index (Phi) is 5.09. The van der Waals surface area contributed by atoms with Crippen LogP contribution in [0.4, 0.5) is 0 Å². The lowest BCUT2D eigenvalue weighted by molar-refractivity contribution is 0.103. The van der Waals surface area contributed by atoms with Crippen molar-refractivity contribution in [1.82, 2.24) is 4.98 Å². The van der Waals surface area contributed by atoms with E-state index in [2.05, 4.69) is 4.98 Å². The maximum absolute atomic E-state index is 13.0. The summed E-state index contributed by atoms with van der Waals surface area (Å²) >= 11 is 1.45. The van der Waals surface area contributed by atoms with Crippen molar-refractivity contribution in [2.45, 2.75) is 0 Å². The molecule has 3 rings (SSSR count). The molecule has 0 aliphatic rings. The van der Waals surface area contributed by atoms with Gasteiger partial charge in [0.05, 0.1) is 26.9 Å². The monoisotopic (exact) mass is 371 g/mol. The number of hydrogen-bond donors (Lipinski definition) is 1. The SMILES string of the molecule is COc1cc(C(=O)c2cc(-c3nccs3)ccc2O)cc(OC)c1OC. The third-order valence-corrected chi connectivity index (χ3v) is 4.67. The van der Waals surface area contributed by atoms with Crippen molar-refractivity contribution in [3.63, 3.8) is 0 Å². The molecular formula is C19H17NO5S. The Morgan fingerprint density at radius 2 is 1.73 bits per heavy atom. The number of hydrogen-bond acceptors (Lipinski definition) is 7. The second-order valence-electron chi connectivity index (χ2n) is 5.31. The number of carbonyl (C=O) groups is 1. The van der Waals surface area contributed by atoms with Gasteiger partial charge in [-0.2, -0.15) is 0 Å². The van der Waals surface area contributed by atoms with Gasteiger partial charge < -0.3 is 19.3 Å². The van der Waals surface area contributed by atoms with Gasteiger partial charge in [0.25, 0.3) is 0 Å². The maximum Gasteiger partial charge on any atom is 0.203 e. The molecular weight excluding hydrogens is 354 g/mol. The molecule has 0 spiro atoms. The molecule has 0 amide bonds. The van der Waals surface area contributed by atoms with Gasteiger partial charge in [-0.15, -0.1) is 11.3 Å². The van der Waals surface area contributed by atoms with Crippen molar-refractivity contribution in [2.24, 2.45) is 0 Å². The topological polar surface area (TPSA) is 77.9 Å². The Morgan fingerprint density at radius 1 is 1.04 bits per heavy atom. The van der Waals surface area contributed by atoms with Gasteiger partial charge in [-0.25, -0.2) is 4.98 Å². The zero-order valence-electron chi connectivity index (χ0n) is 14.5. The number of rotatable bonds is 6. The number of benzene rings is 2. The minimum absolute atomic E-state index is 0.107. The summed E-state index contributed by atoms with van der Waals surface area (Å²) in [7, 11) is 4.45. The van der Waals surface area contributed by atoms with Crippen molar-refractivity contribution in [2.75, 3.05) is 21.3 Å². The molecule has 1 N–H and O–H groups in total. The number of methoxy groups -OCH3 is 3. The summed E-state index contributed by atoms with van der Waals surface area (Å²) in [6.07, 6.45) is 1.69. The fraction of sp³-hybridized carbons (Fsp3) is 0.158. The van der Waals surface area contributed by atoms with Gasteiger partial charge in [0.2, 0.25) is 5.75 Å². The standard InChI is InChI=1S/C19H17NO5S/c1-23-15-9-12(10-16(24-2)18(15)25-3)17(22)13-8-11(4-5-14(13)21)19-20-6-7-26-19/h4-10,21H,1-3H3. The van der Waals surface area contributed by atoms with Gasteiger partial charge in [-0.1, -0.05) is 0 Å². The van der Waals surface area contributed by atoms with E-state index in [0.29, 0.717) is 22.8 Å². The van der Waals surface area contributed by atoms with Crippen molar-refractivity contribution in [1.29, 1.82) is 0 Å². The van der Waals surface area contributed by atoms with Crippen LogP contribution in [0.25, 0.3) is 10.6 Å². The van der Waals surface area contributed by atoms with Crippen LogP contribution in [0.1, 0.15) is 15.9 Å². The first-order chi connectivity index (χ1) is 12.6. The van der Waals surface area contributed by atoms with E-state index in [4.69, 9.17) is 14.2 Å². The van der Waals surface area contributed by atoms with Crippen molar-refractivity contribution in [3.8, 4) is 33.6 Å². The van der Waals surface area contributed by atoms with Gasteiger partial charge in [-0.05, 0) is 30.3 Å². The van der Waals surface area contributed by atoms with Crippen LogP contribution in [0, 0.1) is 0 Å². The van der Waals surface area contributed by atoms with Crippen molar-refractivity contribution in [3.05, 3.63) is 53.0 Å². The summed E-state index contributed by atoms with van der Waals surface area (Å²) in [6.45, 7) is 0. The molecule has 0 atom stereocenters. The van der Waals surface area contributed by atoms with Crippen LogP contribution in [0.5, 0.6) is 23.0 Å². The van der Waals surface area contributed by atoms with E-state index in [9.17, 15) is 9.90 Å². The molecule has 0 saturated heterocycles. The van der Waals surface area contributed by atoms with Crippen LogP contribution in [0.15, 0.2) is 41.9 Å². The molecule has 1 heterocycles. The second kappa shape index (κ2) is 7.45. The van der Waals surface area contributed by atoms with Crippen molar-refractivity contribution < 1.29 is 24.1 Å². The highest BCUT2D eigenvalue weighted by Gasteiger charge is 2.20. The van der Waals surface area contributed by atoms with E-state index >= 15 is 0 Å². The summed E-state index contributed by atoms with van der Waals surface area (Å²) in [4.78, 5) is 17.2. The van der Waals surface area contributed by atoms with Gasteiger partial charge in [-0.3, -0.25) is 4.79 Å². The van der Waals surface area contributed by atoms with E-state index in [1.165, 1.54) is 38.7 Å². The largest absolute Gasteiger partial charge is 0.507 e. The van der Waals surface area contributed by atoms with Crippen LogP contribution in [-0.2, 0) is 0 Å². The molecule has 134 valence electrons. The molecule has 0 radical (unpaired) electrons. The number of carbonyl (C=O) groups excluding carboxylic acids is 1. The predicted octanol–water partition coefficient (Wildman–Crippen LogP) is 3.77. The zero-order chi connectivity index (χ0) is 18.7. The maximum atomic E-state index is 13.0. The number of phenols is 1. The van der Waals surface area contributed by atoms with E-state index in [-0.39, 0.29) is 17.1 Å². The third-order valence-electron chi connectivity index (χ3n) is 3.85. The first-order valence-electron chi connectivity index (χ1n) is 7.66. The first-order valence-corrected chi connectivity index (χ1v) is 8.54. The van der Waals surface area contributed by atoms with E-state index in [1.807, 2.05) is 5.38 Å². The van der Waals surface area contributed by atoms with Gasteiger partial charge >= 0.3 is 0 Å². The smallest absolute Gasteiger partial charge is 0.203 e. The molecule has 1 aromatic heterocycles. The Bertz CT molecular complexity index is 912. The molecule has 0 fully saturated rings. The Morgan fingerprint density at radius 3 is 2.27 bits per heavy atom. The molecule has 6 nitrogen and oxygen atoms in total. The molecule has 2 aromatic carbocycles. The minimum Gasteiger partial charge on any atom is -0.507 e. The van der Waals surface area contributed by atoms with Crippen LogP contribution in [-0.4, -0.2) is 37.2 Å². The zero-order valence-corrected chi connectivity index (χ0v) is 15.3. The summed E-state index contributed by atoms with van der Waals surface area (Å²) in [5, 5.41) is 12.8. The number of aromatic nitrogens is 1. The molecule has 0 saturated carbocycles. The summed E-state index contributed by atoms with van der Waals surface area (Å²) in [5.74, 6) is 0.660. The third kappa shape index (κ3) is 3.21. The van der Waals surface area contributed by atoms with Crippen LogP contribution >= 0.6 is 11.3 Å². The number of ether oxygens (including phenoxy) is 3.